The van der Waals surface area contributed by atoms with Crippen LogP contribution in [0.1, 0.15) is 31.9 Å². The number of hydrogen-bond donors (Lipinski definition) is 1. The Morgan fingerprint density at radius 2 is 2.08 bits per heavy atom. The summed E-state index contributed by atoms with van der Waals surface area (Å²) in [4.78, 5) is 31.5. The molecule has 1 N–H and O–H groups in total. The lowest BCUT2D eigenvalue weighted by Gasteiger charge is -2.43. The van der Waals surface area contributed by atoms with Crippen LogP contribution >= 0.6 is 0 Å². The first-order valence-corrected chi connectivity index (χ1v) is 9.22. The number of urea groups is 1. The Morgan fingerprint density at radius 1 is 1.23 bits per heavy atom. The highest BCUT2D eigenvalue weighted by molar-refractivity contribution is 5.74. The fourth-order valence-electron chi connectivity index (χ4n) is 4.19. The topological polar surface area (TPSA) is 67.2 Å². The molecule has 0 radical (unpaired) electrons. The summed E-state index contributed by atoms with van der Waals surface area (Å²) in [6.45, 7) is 5.98. The van der Waals surface area contributed by atoms with E-state index in [-0.39, 0.29) is 23.6 Å². The molecule has 0 aromatic carbocycles. The lowest BCUT2D eigenvalue weighted by molar-refractivity contribution is 0.130. The van der Waals surface area contributed by atoms with Crippen LogP contribution in [0.4, 0.5) is 4.79 Å². The molecule has 0 unspecified atom stereocenters. The number of rotatable bonds is 2. The first-order valence-electron chi connectivity index (χ1n) is 9.22. The number of piperidine rings is 1. The van der Waals surface area contributed by atoms with Gasteiger partial charge in [-0.1, -0.05) is 6.07 Å². The predicted octanol–water partition coefficient (Wildman–Crippen LogP) is 2.45. The van der Waals surface area contributed by atoms with Crippen LogP contribution in [0.3, 0.4) is 0 Å². The molecule has 2 aromatic heterocycles. The van der Waals surface area contributed by atoms with Gasteiger partial charge < -0.3 is 14.8 Å². The summed E-state index contributed by atoms with van der Waals surface area (Å²) in [5, 5.41) is 2.98. The summed E-state index contributed by atoms with van der Waals surface area (Å²) >= 11 is 0. The van der Waals surface area contributed by atoms with E-state index in [1.165, 1.54) is 0 Å². The Hall–Kier alpha value is -2.63. The SMILES string of the molecule is CC(C)NC(=O)N1C[C@H]2C[C@H](C1)c1ccc(-c3cccnc3)c(=O)n1C2. The minimum atomic E-state index is -0.00234. The first-order chi connectivity index (χ1) is 12.5. The molecule has 0 spiro atoms. The molecule has 2 amide bonds. The van der Waals surface area contributed by atoms with Gasteiger partial charge in [-0.05, 0) is 44.4 Å². The smallest absolute Gasteiger partial charge is 0.317 e. The monoisotopic (exact) mass is 352 g/mol. The molecule has 136 valence electrons. The maximum Gasteiger partial charge on any atom is 0.317 e. The van der Waals surface area contributed by atoms with E-state index in [4.69, 9.17) is 0 Å². The second kappa shape index (κ2) is 6.59. The molecule has 2 aromatic rings. The average molecular weight is 352 g/mol. The van der Waals surface area contributed by atoms with Gasteiger partial charge in [0.15, 0.2) is 0 Å². The fraction of sp³-hybridized carbons (Fsp3) is 0.450. The van der Waals surface area contributed by atoms with Gasteiger partial charge in [-0.25, -0.2) is 4.79 Å². The van der Waals surface area contributed by atoms with Crippen LogP contribution in [0, 0.1) is 5.92 Å². The van der Waals surface area contributed by atoms with E-state index in [2.05, 4.69) is 16.4 Å². The zero-order valence-electron chi connectivity index (χ0n) is 15.2. The fourth-order valence-corrected chi connectivity index (χ4v) is 4.19. The Kier molecular flexibility index (Phi) is 4.26. The Balaban J connectivity index is 1.65. The van der Waals surface area contributed by atoms with E-state index in [1.54, 1.807) is 12.4 Å². The third kappa shape index (κ3) is 3.00. The second-order valence-corrected chi connectivity index (χ2v) is 7.64. The number of carbonyl (C=O) groups excluding carboxylic acids is 1. The average Bonchev–Trinajstić information content (AvgIpc) is 2.62. The summed E-state index contributed by atoms with van der Waals surface area (Å²) < 4.78 is 1.92. The first kappa shape index (κ1) is 16.8. The summed E-state index contributed by atoms with van der Waals surface area (Å²) in [6.07, 6.45) is 4.48. The maximum absolute atomic E-state index is 13.0. The summed E-state index contributed by atoms with van der Waals surface area (Å²) in [5.74, 6) is 0.539. The third-order valence-electron chi connectivity index (χ3n) is 5.28. The van der Waals surface area contributed by atoms with E-state index in [1.807, 2.05) is 41.5 Å². The largest absolute Gasteiger partial charge is 0.336 e. The molecular formula is C20H24N4O2. The Morgan fingerprint density at radius 3 is 2.81 bits per heavy atom. The molecule has 6 heteroatoms. The highest BCUT2D eigenvalue weighted by Crippen LogP contribution is 2.35. The van der Waals surface area contributed by atoms with E-state index in [0.29, 0.717) is 31.1 Å². The van der Waals surface area contributed by atoms with Gasteiger partial charge >= 0.3 is 6.03 Å². The van der Waals surface area contributed by atoms with Crippen molar-refractivity contribution in [2.45, 2.75) is 38.8 Å². The van der Waals surface area contributed by atoms with Crippen LogP contribution in [0.5, 0.6) is 0 Å². The van der Waals surface area contributed by atoms with Crippen molar-refractivity contribution in [2.24, 2.45) is 5.92 Å². The molecular weight excluding hydrogens is 328 g/mol. The standard InChI is InChI=1S/C20H24N4O2/c1-13(2)22-20(26)23-10-14-8-16(12-23)18-6-5-17(19(25)24(18)11-14)15-4-3-7-21-9-15/h3-7,9,13-14,16H,8,10-12H2,1-2H3,(H,22,26)/t14-,16-/m1/s1. The molecule has 1 saturated heterocycles. The zero-order chi connectivity index (χ0) is 18.3. The van der Waals surface area contributed by atoms with Crippen LogP contribution in [0.2, 0.25) is 0 Å². The lowest BCUT2D eigenvalue weighted by Crippen LogP contribution is -2.52. The lowest BCUT2D eigenvalue weighted by atomic mass is 9.83. The third-order valence-corrected chi connectivity index (χ3v) is 5.28. The molecule has 2 atom stereocenters. The number of carbonyl (C=O) groups is 1. The highest BCUT2D eigenvalue weighted by atomic mass is 16.2. The van der Waals surface area contributed by atoms with Crippen LogP contribution in [0.25, 0.3) is 11.1 Å². The number of fused-ring (bicyclic) bond motifs is 4. The van der Waals surface area contributed by atoms with Gasteiger partial charge in [-0.3, -0.25) is 9.78 Å². The molecule has 2 aliphatic heterocycles. The quantitative estimate of drug-likeness (QED) is 0.903. The minimum Gasteiger partial charge on any atom is -0.336 e. The molecule has 1 fully saturated rings. The van der Waals surface area contributed by atoms with Gasteiger partial charge in [-0.15, -0.1) is 0 Å². The molecule has 2 aliphatic rings. The molecule has 0 aliphatic carbocycles. The number of hydrogen-bond acceptors (Lipinski definition) is 3. The summed E-state index contributed by atoms with van der Waals surface area (Å²) in [7, 11) is 0. The zero-order valence-corrected chi connectivity index (χ0v) is 15.2. The molecule has 26 heavy (non-hydrogen) atoms. The maximum atomic E-state index is 13.0. The highest BCUT2D eigenvalue weighted by Gasteiger charge is 2.36. The van der Waals surface area contributed by atoms with Crippen LogP contribution in [-0.4, -0.2) is 39.6 Å². The number of aromatic nitrogens is 2. The van der Waals surface area contributed by atoms with Crippen molar-refractivity contribution in [3.8, 4) is 11.1 Å². The van der Waals surface area contributed by atoms with E-state index in [9.17, 15) is 9.59 Å². The normalized spacial score (nSPS) is 21.4. The molecule has 6 nitrogen and oxygen atoms in total. The van der Waals surface area contributed by atoms with Crippen molar-refractivity contribution in [2.75, 3.05) is 13.1 Å². The van der Waals surface area contributed by atoms with Crippen molar-refractivity contribution in [3.63, 3.8) is 0 Å². The van der Waals surface area contributed by atoms with Gasteiger partial charge in [0.1, 0.15) is 0 Å². The van der Waals surface area contributed by atoms with Crippen molar-refractivity contribution in [1.82, 2.24) is 19.8 Å². The Bertz CT molecular complexity index is 875. The predicted molar refractivity (Wildman–Crippen MR) is 100 cm³/mol. The molecule has 2 bridgehead atoms. The van der Waals surface area contributed by atoms with Crippen LogP contribution in [0.15, 0.2) is 41.5 Å². The van der Waals surface area contributed by atoms with Gasteiger partial charge in [0, 0.05) is 60.8 Å². The van der Waals surface area contributed by atoms with Crippen molar-refractivity contribution < 1.29 is 4.79 Å². The van der Waals surface area contributed by atoms with Crippen molar-refractivity contribution >= 4 is 6.03 Å². The number of likely N-dealkylation sites (tertiary alicyclic amines) is 1. The Labute approximate surface area is 152 Å². The minimum absolute atomic E-state index is 0.00234. The van der Waals surface area contributed by atoms with Crippen molar-refractivity contribution in [3.05, 3.63) is 52.7 Å². The number of pyridine rings is 2. The van der Waals surface area contributed by atoms with Crippen LogP contribution in [-0.2, 0) is 6.54 Å². The second-order valence-electron chi connectivity index (χ2n) is 7.64. The van der Waals surface area contributed by atoms with Gasteiger partial charge in [0.05, 0.1) is 0 Å². The number of nitrogens with one attached hydrogen (secondary N) is 1. The van der Waals surface area contributed by atoms with E-state index >= 15 is 0 Å². The van der Waals surface area contributed by atoms with E-state index < -0.39 is 0 Å². The van der Waals surface area contributed by atoms with Gasteiger partial charge in [0.2, 0.25) is 0 Å². The summed E-state index contributed by atoms with van der Waals surface area (Å²) in [5.41, 5.74) is 2.63. The molecule has 0 saturated carbocycles. The number of amides is 2. The van der Waals surface area contributed by atoms with E-state index in [0.717, 1.165) is 17.7 Å². The molecule has 4 heterocycles. The molecule has 4 rings (SSSR count). The van der Waals surface area contributed by atoms with Crippen LogP contribution < -0.4 is 10.9 Å². The van der Waals surface area contributed by atoms with Gasteiger partial charge in [0.25, 0.3) is 5.56 Å². The van der Waals surface area contributed by atoms with Crippen molar-refractivity contribution in [1.29, 1.82) is 0 Å². The number of nitrogens with zero attached hydrogens (tertiary/aromatic N) is 3. The summed E-state index contributed by atoms with van der Waals surface area (Å²) in [6, 6.07) is 7.84. The van der Waals surface area contributed by atoms with Gasteiger partial charge in [-0.2, -0.15) is 0 Å².